The van der Waals surface area contributed by atoms with Gasteiger partial charge in [0.2, 0.25) is 5.95 Å². The lowest BCUT2D eigenvalue weighted by molar-refractivity contribution is -0.576. The highest BCUT2D eigenvalue weighted by molar-refractivity contribution is 6.14. The Bertz CT molecular complexity index is 899. The third-order valence-corrected chi connectivity index (χ3v) is 4.72. The normalized spacial score (nSPS) is 19.1. The molecule has 2 atom stereocenters. The van der Waals surface area contributed by atoms with E-state index in [9.17, 15) is 4.79 Å². The zero-order chi connectivity index (χ0) is 20.6. The number of nitrogens with zero attached hydrogens (tertiary/aromatic N) is 3. The maximum absolute atomic E-state index is 11.8. The summed E-state index contributed by atoms with van der Waals surface area (Å²) in [5.41, 5.74) is 15.0. The monoisotopic (exact) mass is 396 g/mol. The first kappa shape index (κ1) is 20.4. The molecule has 0 unspecified atom stereocenters. The quantitative estimate of drug-likeness (QED) is 0.167. The van der Waals surface area contributed by atoms with Gasteiger partial charge in [0, 0.05) is 42.3 Å². The van der Waals surface area contributed by atoms with E-state index in [1.54, 1.807) is 5.43 Å². The summed E-state index contributed by atoms with van der Waals surface area (Å²) in [5.74, 6) is 0.101. The van der Waals surface area contributed by atoms with Gasteiger partial charge in [0.05, 0.1) is 0 Å². The van der Waals surface area contributed by atoms with Crippen LogP contribution in [0.25, 0.3) is 0 Å². The number of amides is 1. The van der Waals surface area contributed by atoms with E-state index in [0.29, 0.717) is 17.5 Å². The topological polar surface area (TPSA) is 172 Å². The molecule has 1 heterocycles. The fourth-order valence-corrected chi connectivity index (χ4v) is 3.24. The molecule has 0 saturated heterocycles. The molecular formula is C19H26N9O+. The first-order valence-electron chi connectivity index (χ1n) is 9.48. The molecule has 152 valence electrons. The molecule has 10 nitrogen and oxygen atoms in total. The highest BCUT2D eigenvalue weighted by Crippen LogP contribution is 2.23. The number of nitrogens with one attached hydrogen (secondary N) is 3. The number of quaternary nitrogens is 1. The minimum atomic E-state index is -0.619. The first-order chi connectivity index (χ1) is 14.1. The largest absolute Gasteiger partial charge is 0.365 e. The summed E-state index contributed by atoms with van der Waals surface area (Å²) in [6.45, 7) is 0. The molecule has 1 aliphatic carbocycles. The highest BCUT2D eigenvalue weighted by atomic mass is 16.1. The van der Waals surface area contributed by atoms with Crippen LogP contribution in [0.5, 0.6) is 0 Å². The molecule has 9 N–H and O–H groups in total. The van der Waals surface area contributed by atoms with Gasteiger partial charge in [0.1, 0.15) is 17.6 Å². The van der Waals surface area contributed by atoms with E-state index in [2.05, 4.69) is 25.7 Å². The molecule has 0 bridgehead atoms. The fraction of sp³-hybridized carbons (Fsp3) is 0.316. The van der Waals surface area contributed by atoms with Gasteiger partial charge in [-0.1, -0.05) is 24.0 Å². The van der Waals surface area contributed by atoms with Crippen molar-refractivity contribution < 1.29 is 10.2 Å². The van der Waals surface area contributed by atoms with Crippen LogP contribution in [-0.4, -0.2) is 40.4 Å². The lowest BCUT2D eigenvalue weighted by Crippen LogP contribution is -2.71. The maximum Gasteiger partial charge on any atom is 0.254 e. The standard InChI is InChI=1S/C19H25N9O/c20-8-9-24-28-13-5-3-4-12(10-13)25-18-14(17(22)29)11-23-19(27-18)26-16-7-2-1-6-15(16)21/h3-5,8-11,15-16,20,28H,1-2,6-7,21H2,(H2,22,29)(H2,23,25,26,27)/p+1/b20-8?,24-9-/t15-,16+/m0/s1. The summed E-state index contributed by atoms with van der Waals surface area (Å²) < 4.78 is 0. The van der Waals surface area contributed by atoms with Crippen LogP contribution in [0.3, 0.4) is 0 Å². The van der Waals surface area contributed by atoms with E-state index >= 15 is 0 Å². The number of nitrogens with two attached hydrogens (primary N) is 3. The van der Waals surface area contributed by atoms with Crippen molar-refractivity contribution in [3.05, 3.63) is 36.0 Å². The van der Waals surface area contributed by atoms with Crippen molar-refractivity contribution in [2.75, 3.05) is 10.6 Å². The number of hydrogen-bond acceptors (Lipinski definition) is 8. The van der Waals surface area contributed by atoms with E-state index in [4.69, 9.17) is 16.9 Å². The lowest BCUT2D eigenvalue weighted by atomic mass is 9.91. The molecule has 1 saturated carbocycles. The Morgan fingerprint density at radius 2 is 2.17 bits per heavy atom. The van der Waals surface area contributed by atoms with Crippen molar-refractivity contribution in [2.45, 2.75) is 37.8 Å². The number of anilines is 3. The second-order valence-electron chi connectivity index (χ2n) is 6.86. The smallest absolute Gasteiger partial charge is 0.254 e. The Morgan fingerprint density at radius 3 is 2.93 bits per heavy atom. The molecule has 2 aromatic rings. The molecule has 1 aromatic carbocycles. The van der Waals surface area contributed by atoms with Crippen LogP contribution in [0.4, 0.5) is 23.1 Å². The van der Waals surface area contributed by atoms with Crippen LogP contribution in [0.2, 0.25) is 0 Å². The van der Waals surface area contributed by atoms with Crippen LogP contribution in [0, 0.1) is 5.41 Å². The van der Waals surface area contributed by atoms with Crippen molar-refractivity contribution in [1.82, 2.24) is 9.97 Å². The van der Waals surface area contributed by atoms with Gasteiger partial charge in [-0.25, -0.2) is 4.98 Å². The summed E-state index contributed by atoms with van der Waals surface area (Å²) in [6.07, 6.45) is 8.06. The molecular weight excluding hydrogens is 370 g/mol. The van der Waals surface area contributed by atoms with Crippen molar-refractivity contribution in [3.8, 4) is 0 Å². The summed E-state index contributed by atoms with van der Waals surface area (Å²) in [6, 6.07) is 7.56. The second-order valence-corrected chi connectivity index (χ2v) is 6.86. The number of rotatable bonds is 8. The van der Waals surface area contributed by atoms with Gasteiger partial charge in [-0.2, -0.15) is 10.4 Å². The van der Waals surface area contributed by atoms with E-state index in [0.717, 1.165) is 37.6 Å². The number of benzene rings is 1. The van der Waals surface area contributed by atoms with Crippen LogP contribution >= 0.6 is 0 Å². The van der Waals surface area contributed by atoms with Gasteiger partial charge in [-0.05, 0) is 18.9 Å². The van der Waals surface area contributed by atoms with Crippen LogP contribution in [-0.2, 0) is 0 Å². The third-order valence-electron chi connectivity index (χ3n) is 4.72. The summed E-state index contributed by atoms with van der Waals surface area (Å²) in [4.78, 5) is 20.5. The molecule has 3 rings (SSSR count). The highest BCUT2D eigenvalue weighted by Gasteiger charge is 2.23. The van der Waals surface area contributed by atoms with Gasteiger partial charge in [-0.3, -0.25) is 4.79 Å². The molecule has 1 aromatic heterocycles. The van der Waals surface area contributed by atoms with E-state index in [1.165, 1.54) is 12.4 Å². The minimum Gasteiger partial charge on any atom is -0.365 e. The van der Waals surface area contributed by atoms with Crippen LogP contribution in [0.1, 0.15) is 36.0 Å². The number of hydrogen-bond donors (Lipinski definition) is 6. The maximum atomic E-state index is 11.8. The Kier molecular flexibility index (Phi) is 6.82. The van der Waals surface area contributed by atoms with Crippen molar-refractivity contribution in [2.24, 2.45) is 16.6 Å². The van der Waals surface area contributed by atoms with Gasteiger partial charge < -0.3 is 27.5 Å². The first-order valence-corrected chi connectivity index (χ1v) is 9.48. The number of primary amides is 1. The Balaban J connectivity index is 1.81. The molecule has 1 amide bonds. The second kappa shape index (κ2) is 9.71. The Labute approximate surface area is 168 Å². The zero-order valence-corrected chi connectivity index (χ0v) is 16.0. The van der Waals surface area contributed by atoms with Crippen LogP contribution in [0.15, 0.2) is 35.6 Å². The van der Waals surface area contributed by atoms with Gasteiger partial charge >= 0.3 is 0 Å². The molecule has 1 aliphatic rings. The van der Waals surface area contributed by atoms with E-state index in [-0.39, 0.29) is 17.6 Å². The predicted molar refractivity (Wildman–Crippen MR) is 113 cm³/mol. The molecule has 1 fully saturated rings. The van der Waals surface area contributed by atoms with Crippen molar-refractivity contribution in [1.29, 1.82) is 5.41 Å². The van der Waals surface area contributed by atoms with Crippen molar-refractivity contribution >= 4 is 41.5 Å². The Morgan fingerprint density at radius 1 is 1.34 bits per heavy atom. The molecule has 0 radical (unpaired) electrons. The van der Waals surface area contributed by atoms with Gasteiger partial charge in [-0.15, -0.1) is 0 Å². The zero-order valence-electron chi connectivity index (χ0n) is 16.0. The number of aromatic nitrogens is 2. The third kappa shape index (κ3) is 5.56. The Hall–Kier alpha value is -3.37. The fourth-order valence-electron chi connectivity index (χ4n) is 3.24. The van der Waals surface area contributed by atoms with Crippen LogP contribution < -0.4 is 27.5 Å². The lowest BCUT2D eigenvalue weighted by Gasteiger charge is -2.29. The van der Waals surface area contributed by atoms with Gasteiger partial charge in [0.15, 0.2) is 5.69 Å². The van der Waals surface area contributed by atoms with E-state index in [1.807, 2.05) is 24.3 Å². The molecule has 29 heavy (non-hydrogen) atoms. The minimum absolute atomic E-state index is 0.0494. The summed E-state index contributed by atoms with van der Waals surface area (Å²) in [5, 5.41) is 17.4. The predicted octanol–water partition coefficient (Wildman–Crippen LogP) is 0.831. The number of carbonyl (C=O) groups is 1. The SMILES string of the molecule is N=C/C=N\[NH2+]c1cccc(Nc2nc(N[C@@H]3CCCC[C@@H]3N)ncc2C(N)=O)c1. The molecule has 0 aliphatic heterocycles. The molecule has 0 spiro atoms. The number of carbonyl (C=O) groups excluding carboxylic acids is 1. The average molecular weight is 396 g/mol. The van der Waals surface area contributed by atoms with E-state index < -0.39 is 5.91 Å². The van der Waals surface area contributed by atoms with Gasteiger partial charge in [0.25, 0.3) is 5.91 Å². The average Bonchev–Trinajstić information content (AvgIpc) is 2.70. The van der Waals surface area contributed by atoms with Crippen molar-refractivity contribution in [3.63, 3.8) is 0 Å². The summed E-state index contributed by atoms with van der Waals surface area (Å²) in [7, 11) is 0. The molecule has 10 heteroatoms. The summed E-state index contributed by atoms with van der Waals surface area (Å²) >= 11 is 0.